The van der Waals surface area contributed by atoms with Crippen molar-refractivity contribution in [2.45, 2.75) is 12.1 Å². The lowest BCUT2D eigenvalue weighted by atomic mass is 10.2. The molecular weight excluding hydrogens is 380 g/mol. The molecule has 1 aromatic heterocycles. The summed E-state index contributed by atoms with van der Waals surface area (Å²) in [6.45, 7) is 2.02. The van der Waals surface area contributed by atoms with Crippen LogP contribution in [0.2, 0.25) is 0 Å². The molecule has 0 atom stereocenters. The fourth-order valence-corrected chi connectivity index (χ4v) is 3.66. The van der Waals surface area contributed by atoms with E-state index in [2.05, 4.69) is 15.5 Å². The normalized spacial score (nSPS) is 10.7. The topological polar surface area (TPSA) is 59.8 Å². The van der Waals surface area contributed by atoms with Gasteiger partial charge in [-0.2, -0.15) is 0 Å². The van der Waals surface area contributed by atoms with E-state index >= 15 is 0 Å². The average molecular weight is 401 g/mol. The van der Waals surface area contributed by atoms with E-state index in [0.29, 0.717) is 5.16 Å². The minimum absolute atomic E-state index is 0.0808. The summed E-state index contributed by atoms with van der Waals surface area (Å²) in [6, 6.07) is 27.6. The first-order valence-corrected chi connectivity index (χ1v) is 10.2. The van der Waals surface area contributed by atoms with Crippen LogP contribution in [0.3, 0.4) is 0 Å². The van der Waals surface area contributed by atoms with Crippen LogP contribution in [-0.4, -0.2) is 26.4 Å². The van der Waals surface area contributed by atoms with Crippen LogP contribution in [0, 0.1) is 6.92 Å². The molecule has 5 nitrogen and oxygen atoms in total. The number of aryl methyl sites for hydroxylation is 1. The molecule has 0 aliphatic carbocycles. The predicted octanol–water partition coefficient (Wildman–Crippen LogP) is 4.97. The molecule has 0 radical (unpaired) electrons. The molecule has 144 valence electrons. The molecule has 1 N–H and O–H groups in total. The van der Waals surface area contributed by atoms with Crippen molar-refractivity contribution in [3.05, 3.63) is 90.5 Å². The highest BCUT2D eigenvalue weighted by molar-refractivity contribution is 7.99. The number of rotatable bonds is 6. The van der Waals surface area contributed by atoms with E-state index in [1.54, 1.807) is 0 Å². The highest BCUT2D eigenvalue weighted by Gasteiger charge is 2.17. The van der Waals surface area contributed by atoms with E-state index in [-0.39, 0.29) is 11.7 Å². The molecule has 0 aliphatic heterocycles. The summed E-state index contributed by atoms with van der Waals surface area (Å²) in [4.78, 5) is 12.4. The summed E-state index contributed by atoms with van der Waals surface area (Å²) in [5.41, 5.74) is 3.87. The quantitative estimate of drug-likeness (QED) is 0.464. The summed E-state index contributed by atoms with van der Waals surface area (Å²) in [6.07, 6.45) is 0. The largest absolute Gasteiger partial charge is 0.325 e. The summed E-state index contributed by atoms with van der Waals surface area (Å²) >= 11 is 1.37. The number of carbonyl (C=O) groups is 1. The Hall–Kier alpha value is -3.38. The number of hydrogen-bond acceptors (Lipinski definition) is 4. The smallest absolute Gasteiger partial charge is 0.234 e. The van der Waals surface area contributed by atoms with E-state index < -0.39 is 0 Å². The number of para-hydroxylation sites is 1. The third kappa shape index (κ3) is 4.55. The number of amides is 1. The molecule has 0 saturated carbocycles. The fourth-order valence-electron chi connectivity index (χ4n) is 2.91. The second-order valence-corrected chi connectivity index (χ2v) is 7.49. The SMILES string of the molecule is Cc1ccc(NC(=O)CSc2nnc(-c3ccccc3)n2-c2ccccc2)cc1. The molecule has 6 heteroatoms. The van der Waals surface area contributed by atoms with Crippen molar-refractivity contribution in [2.75, 3.05) is 11.1 Å². The van der Waals surface area contributed by atoms with Crippen LogP contribution < -0.4 is 5.32 Å². The van der Waals surface area contributed by atoms with Crippen molar-refractivity contribution in [2.24, 2.45) is 0 Å². The van der Waals surface area contributed by atoms with Crippen molar-refractivity contribution in [1.29, 1.82) is 0 Å². The van der Waals surface area contributed by atoms with Crippen molar-refractivity contribution >= 4 is 23.4 Å². The van der Waals surface area contributed by atoms with Gasteiger partial charge in [0.25, 0.3) is 0 Å². The monoisotopic (exact) mass is 400 g/mol. The summed E-state index contributed by atoms with van der Waals surface area (Å²) in [5, 5.41) is 12.3. The maximum atomic E-state index is 12.4. The Morgan fingerprint density at radius 3 is 2.24 bits per heavy atom. The molecule has 0 bridgehead atoms. The molecule has 0 unspecified atom stereocenters. The van der Waals surface area contributed by atoms with Crippen LogP contribution in [0.15, 0.2) is 90.1 Å². The first-order valence-electron chi connectivity index (χ1n) is 9.26. The minimum Gasteiger partial charge on any atom is -0.325 e. The molecule has 4 aromatic rings. The van der Waals surface area contributed by atoms with Gasteiger partial charge in [0.2, 0.25) is 5.91 Å². The van der Waals surface area contributed by atoms with Crippen LogP contribution in [0.4, 0.5) is 5.69 Å². The van der Waals surface area contributed by atoms with Crippen LogP contribution in [-0.2, 0) is 4.79 Å². The molecule has 1 amide bonds. The number of nitrogens with zero attached hydrogens (tertiary/aromatic N) is 3. The number of hydrogen-bond donors (Lipinski definition) is 1. The van der Waals surface area contributed by atoms with Gasteiger partial charge >= 0.3 is 0 Å². The van der Waals surface area contributed by atoms with Gasteiger partial charge in [-0.05, 0) is 31.2 Å². The lowest BCUT2D eigenvalue weighted by Crippen LogP contribution is -2.14. The Balaban J connectivity index is 1.56. The second kappa shape index (κ2) is 8.75. The van der Waals surface area contributed by atoms with Gasteiger partial charge in [-0.15, -0.1) is 10.2 Å². The molecular formula is C23H20N4OS. The lowest BCUT2D eigenvalue weighted by Gasteiger charge is -2.10. The van der Waals surface area contributed by atoms with Gasteiger partial charge in [0.05, 0.1) is 5.75 Å². The van der Waals surface area contributed by atoms with Crippen molar-refractivity contribution < 1.29 is 4.79 Å². The van der Waals surface area contributed by atoms with E-state index in [4.69, 9.17) is 0 Å². The van der Waals surface area contributed by atoms with Crippen LogP contribution >= 0.6 is 11.8 Å². The molecule has 0 aliphatic rings. The second-order valence-electron chi connectivity index (χ2n) is 6.55. The minimum atomic E-state index is -0.0808. The Kier molecular flexibility index (Phi) is 5.72. The number of thioether (sulfide) groups is 1. The maximum absolute atomic E-state index is 12.4. The Morgan fingerprint density at radius 1 is 0.897 bits per heavy atom. The fraction of sp³-hybridized carbons (Fsp3) is 0.0870. The van der Waals surface area contributed by atoms with Gasteiger partial charge in [0, 0.05) is 16.9 Å². The lowest BCUT2D eigenvalue weighted by molar-refractivity contribution is -0.113. The number of benzene rings is 3. The van der Waals surface area contributed by atoms with E-state index in [1.807, 2.05) is 96.4 Å². The number of nitrogens with one attached hydrogen (secondary N) is 1. The van der Waals surface area contributed by atoms with Gasteiger partial charge in [0.15, 0.2) is 11.0 Å². The highest BCUT2D eigenvalue weighted by Crippen LogP contribution is 2.27. The van der Waals surface area contributed by atoms with Crippen LogP contribution in [0.1, 0.15) is 5.56 Å². The summed E-state index contributed by atoms with van der Waals surface area (Å²) < 4.78 is 1.99. The molecule has 0 spiro atoms. The Morgan fingerprint density at radius 2 is 1.55 bits per heavy atom. The Labute approximate surface area is 173 Å². The first-order chi connectivity index (χ1) is 14.2. The average Bonchev–Trinajstić information content (AvgIpc) is 3.19. The standard InChI is InChI=1S/C23H20N4OS/c1-17-12-14-19(15-13-17)24-21(28)16-29-23-26-25-22(18-8-4-2-5-9-18)27(23)20-10-6-3-7-11-20/h2-15H,16H2,1H3,(H,24,28). The zero-order valence-corrected chi connectivity index (χ0v) is 16.8. The zero-order valence-electron chi connectivity index (χ0n) is 15.9. The number of anilines is 1. The number of aromatic nitrogens is 3. The Bertz CT molecular complexity index is 1090. The molecule has 29 heavy (non-hydrogen) atoms. The highest BCUT2D eigenvalue weighted by atomic mass is 32.2. The van der Waals surface area contributed by atoms with Crippen LogP contribution in [0.25, 0.3) is 17.1 Å². The van der Waals surface area contributed by atoms with E-state index in [0.717, 1.165) is 28.3 Å². The third-order valence-electron chi connectivity index (χ3n) is 4.35. The first kappa shape index (κ1) is 19.0. The van der Waals surface area contributed by atoms with Crippen molar-refractivity contribution in [3.63, 3.8) is 0 Å². The molecule has 0 fully saturated rings. The molecule has 4 rings (SSSR count). The van der Waals surface area contributed by atoms with Gasteiger partial charge < -0.3 is 5.32 Å². The van der Waals surface area contributed by atoms with Gasteiger partial charge in [-0.3, -0.25) is 9.36 Å². The molecule has 3 aromatic carbocycles. The predicted molar refractivity (Wildman–Crippen MR) is 117 cm³/mol. The molecule has 0 saturated heterocycles. The summed E-state index contributed by atoms with van der Waals surface area (Å²) in [5.74, 6) is 0.911. The number of carbonyl (C=O) groups excluding carboxylic acids is 1. The summed E-state index contributed by atoms with van der Waals surface area (Å²) in [7, 11) is 0. The van der Waals surface area contributed by atoms with Gasteiger partial charge in [0.1, 0.15) is 0 Å². The van der Waals surface area contributed by atoms with E-state index in [1.165, 1.54) is 11.8 Å². The maximum Gasteiger partial charge on any atom is 0.234 e. The van der Waals surface area contributed by atoms with Crippen molar-refractivity contribution in [1.82, 2.24) is 14.8 Å². The van der Waals surface area contributed by atoms with Crippen molar-refractivity contribution in [3.8, 4) is 17.1 Å². The zero-order chi connectivity index (χ0) is 20.1. The van der Waals surface area contributed by atoms with Gasteiger partial charge in [-0.1, -0.05) is 78.0 Å². The third-order valence-corrected chi connectivity index (χ3v) is 5.28. The van der Waals surface area contributed by atoms with Crippen LogP contribution in [0.5, 0.6) is 0 Å². The van der Waals surface area contributed by atoms with E-state index in [9.17, 15) is 4.79 Å². The van der Waals surface area contributed by atoms with Gasteiger partial charge in [-0.25, -0.2) is 0 Å². The molecule has 1 heterocycles.